The fourth-order valence-electron chi connectivity index (χ4n) is 1.42. The van der Waals surface area contributed by atoms with Crippen molar-refractivity contribution >= 4 is 0 Å². The summed E-state index contributed by atoms with van der Waals surface area (Å²) >= 11 is 0. The van der Waals surface area contributed by atoms with E-state index in [9.17, 15) is 0 Å². The zero-order chi connectivity index (χ0) is 6.81. The van der Waals surface area contributed by atoms with Crippen LogP contribution in [0.4, 0.5) is 0 Å². The third-order valence-corrected chi connectivity index (χ3v) is 1.98. The second kappa shape index (κ2) is 2.56. The van der Waals surface area contributed by atoms with E-state index in [4.69, 9.17) is 0 Å². The van der Waals surface area contributed by atoms with Crippen LogP contribution in [0.15, 0.2) is 23.8 Å². The Morgan fingerprint density at radius 2 is 2.60 bits per heavy atom. The van der Waals surface area contributed by atoms with E-state index in [1.165, 1.54) is 18.4 Å². The molecule has 10 heavy (non-hydrogen) atoms. The highest BCUT2D eigenvalue weighted by atomic mass is 15.4. The van der Waals surface area contributed by atoms with Gasteiger partial charge in [-0.3, -0.25) is 0 Å². The molecule has 0 bridgehead atoms. The molecule has 0 saturated carbocycles. The Bertz CT molecular complexity index is 182. The van der Waals surface area contributed by atoms with Crippen molar-refractivity contribution in [3.63, 3.8) is 0 Å². The molecule has 2 nitrogen and oxygen atoms in total. The first-order valence-electron chi connectivity index (χ1n) is 3.76. The van der Waals surface area contributed by atoms with Gasteiger partial charge in [-0.25, -0.2) is 5.43 Å². The van der Waals surface area contributed by atoms with Crippen LogP contribution in [0.1, 0.15) is 12.8 Å². The van der Waals surface area contributed by atoms with Crippen LogP contribution in [0.2, 0.25) is 0 Å². The van der Waals surface area contributed by atoms with Gasteiger partial charge in [-0.1, -0.05) is 18.2 Å². The van der Waals surface area contributed by atoms with Crippen LogP contribution in [-0.2, 0) is 0 Å². The van der Waals surface area contributed by atoms with Gasteiger partial charge in [0.05, 0.1) is 6.04 Å². The molecule has 0 aromatic heterocycles. The average molecular weight is 135 g/mol. The lowest BCUT2D eigenvalue weighted by Crippen LogP contribution is -2.39. The molecule has 0 amide bonds. The summed E-state index contributed by atoms with van der Waals surface area (Å²) in [4.78, 5) is 0. The maximum Gasteiger partial charge on any atom is 0.0665 e. The van der Waals surface area contributed by atoms with Crippen LogP contribution in [0.3, 0.4) is 0 Å². The molecule has 0 saturated heterocycles. The summed E-state index contributed by atoms with van der Waals surface area (Å²) < 4.78 is 0. The number of nitrogens with one attached hydrogen (secondary N) is 1. The molecule has 0 aromatic carbocycles. The summed E-state index contributed by atoms with van der Waals surface area (Å²) in [6.45, 7) is 0.899. The van der Waals surface area contributed by atoms with Gasteiger partial charge in [0.25, 0.3) is 0 Å². The van der Waals surface area contributed by atoms with E-state index in [0.29, 0.717) is 6.04 Å². The Morgan fingerprint density at radius 1 is 1.60 bits per heavy atom. The van der Waals surface area contributed by atoms with Crippen molar-refractivity contribution in [3.05, 3.63) is 23.8 Å². The van der Waals surface area contributed by atoms with Crippen LogP contribution >= 0.6 is 0 Å². The summed E-state index contributed by atoms with van der Waals surface area (Å²) in [7, 11) is 0. The van der Waals surface area contributed by atoms with Crippen LogP contribution in [-0.4, -0.2) is 12.6 Å². The number of rotatable bonds is 0. The summed E-state index contributed by atoms with van der Waals surface area (Å²) in [6.07, 6.45) is 8.98. The molecular weight excluding hydrogens is 124 g/mol. The molecule has 2 aliphatic rings. The topological polar surface area (TPSA) is 26.1 Å². The first kappa shape index (κ1) is 6.13. The molecule has 0 fully saturated rings. The molecule has 1 aliphatic carbocycles. The highest BCUT2D eigenvalue weighted by molar-refractivity contribution is 5.29. The zero-order valence-electron chi connectivity index (χ0n) is 5.88. The Hall–Kier alpha value is -0.600. The SMILES string of the molecule is C1=CC2=CCN[N]C2CC1. The normalized spacial score (nSPS) is 31.2. The van der Waals surface area contributed by atoms with Crippen LogP contribution in [0, 0.1) is 0 Å². The third-order valence-electron chi connectivity index (χ3n) is 1.98. The van der Waals surface area contributed by atoms with E-state index >= 15 is 0 Å². The Balaban J connectivity index is 2.21. The highest BCUT2D eigenvalue weighted by Crippen LogP contribution is 2.18. The van der Waals surface area contributed by atoms with Crippen LogP contribution in [0.25, 0.3) is 0 Å². The fraction of sp³-hybridized carbons (Fsp3) is 0.500. The zero-order valence-corrected chi connectivity index (χ0v) is 5.88. The Kier molecular flexibility index (Phi) is 1.57. The summed E-state index contributed by atoms with van der Waals surface area (Å²) in [5, 5.41) is 0. The van der Waals surface area contributed by atoms with E-state index in [1.807, 2.05) is 0 Å². The van der Waals surface area contributed by atoms with Gasteiger partial charge in [0.1, 0.15) is 0 Å². The van der Waals surface area contributed by atoms with Crippen molar-refractivity contribution in [2.45, 2.75) is 18.9 Å². The van der Waals surface area contributed by atoms with E-state index in [2.05, 4.69) is 29.1 Å². The number of allylic oxidation sites excluding steroid dienone is 1. The molecule has 1 atom stereocenters. The molecule has 0 spiro atoms. The monoisotopic (exact) mass is 135 g/mol. The molecule has 2 heteroatoms. The van der Waals surface area contributed by atoms with Crippen molar-refractivity contribution in [1.29, 1.82) is 0 Å². The van der Waals surface area contributed by atoms with Gasteiger partial charge in [-0.2, -0.15) is 5.43 Å². The number of fused-ring (bicyclic) bond motifs is 1. The molecule has 2 rings (SSSR count). The highest BCUT2D eigenvalue weighted by Gasteiger charge is 2.17. The Morgan fingerprint density at radius 3 is 3.50 bits per heavy atom. The quantitative estimate of drug-likeness (QED) is 0.521. The van der Waals surface area contributed by atoms with E-state index < -0.39 is 0 Å². The summed E-state index contributed by atoms with van der Waals surface area (Å²) in [5.74, 6) is 0. The standard InChI is InChI=1S/C8H11N2/c1-2-4-8-7(3-1)5-6-9-10-8/h1,3,5,8-9H,2,4,6H2. The van der Waals surface area contributed by atoms with E-state index in [0.717, 1.165) is 6.54 Å². The minimum atomic E-state index is 0.443. The fourth-order valence-corrected chi connectivity index (χ4v) is 1.42. The van der Waals surface area contributed by atoms with E-state index in [1.54, 1.807) is 0 Å². The molecular formula is C8H11N2. The van der Waals surface area contributed by atoms with Gasteiger partial charge < -0.3 is 0 Å². The predicted molar refractivity (Wildman–Crippen MR) is 40.4 cm³/mol. The van der Waals surface area contributed by atoms with Crippen molar-refractivity contribution < 1.29 is 0 Å². The maximum atomic E-state index is 4.28. The van der Waals surface area contributed by atoms with Crippen molar-refractivity contribution in [1.82, 2.24) is 10.9 Å². The average Bonchev–Trinajstić information content (AvgIpc) is 2.05. The molecule has 1 unspecified atom stereocenters. The lowest BCUT2D eigenvalue weighted by Gasteiger charge is -2.24. The largest absolute Gasteiger partial charge is 0.236 e. The first-order valence-corrected chi connectivity index (χ1v) is 3.76. The number of nitrogens with zero attached hydrogens (tertiary/aromatic N) is 1. The molecule has 0 aromatic rings. The van der Waals surface area contributed by atoms with Crippen molar-refractivity contribution in [2.75, 3.05) is 6.54 Å². The predicted octanol–water partition coefficient (Wildman–Crippen LogP) is 0.754. The number of hydrogen-bond donors (Lipinski definition) is 1. The molecule has 1 aliphatic heterocycles. The van der Waals surface area contributed by atoms with Crippen LogP contribution in [0.5, 0.6) is 0 Å². The maximum absolute atomic E-state index is 4.28. The van der Waals surface area contributed by atoms with Gasteiger partial charge >= 0.3 is 0 Å². The second-order valence-corrected chi connectivity index (χ2v) is 2.69. The van der Waals surface area contributed by atoms with Crippen molar-refractivity contribution in [2.24, 2.45) is 0 Å². The van der Waals surface area contributed by atoms with Gasteiger partial charge in [0, 0.05) is 6.54 Å². The third kappa shape index (κ3) is 1.00. The minimum Gasteiger partial charge on any atom is -0.236 e. The lowest BCUT2D eigenvalue weighted by atomic mass is 9.95. The van der Waals surface area contributed by atoms with E-state index in [-0.39, 0.29) is 0 Å². The Labute approximate surface area is 61.0 Å². The second-order valence-electron chi connectivity index (χ2n) is 2.69. The molecule has 1 N–H and O–H groups in total. The smallest absolute Gasteiger partial charge is 0.0665 e. The minimum absolute atomic E-state index is 0.443. The number of hydrogen-bond acceptors (Lipinski definition) is 1. The summed E-state index contributed by atoms with van der Waals surface area (Å²) in [6, 6.07) is 0.443. The molecule has 1 radical (unpaired) electrons. The van der Waals surface area contributed by atoms with Crippen LogP contribution < -0.4 is 10.9 Å². The van der Waals surface area contributed by atoms with Gasteiger partial charge in [0.2, 0.25) is 0 Å². The molecule has 53 valence electrons. The van der Waals surface area contributed by atoms with Gasteiger partial charge in [-0.15, -0.1) is 0 Å². The summed E-state index contributed by atoms with van der Waals surface area (Å²) in [5.41, 5.74) is 8.67. The molecule has 1 heterocycles. The van der Waals surface area contributed by atoms with Gasteiger partial charge in [0.15, 0.2) is 0 Å². The van der Waals surface area contributed by atoms with Crippen molar-refractivity contribution in [3.8, 4) is 0 Å². The first-order chi connectivity index (χ1) is 4.97. The lowest BCUT2D eigenvalue weighted by molar-refractivity contribution is 0.434. The van der Waals surface area contributed by atoms with Gasteiger partial charge in [-0.05, 0) is 18.4 Å².